The molecule has 2 rings (SSSR count). The third-order valence-electron chi connectivity index (χ3n) is 3.51. The van der Waals surface area contributed by atoms with Gasteiger partial charge in [-0.15, -0.1) is 5.10 Å². The number of amides is 3. The SMILES string of the molecule is C[C@H](Sc1n[nH]c(=O)n1C[C@@H]1CCCO1)C(=O)NC(=O)NC(C)(C)C. The van der Waals surface area contributed by atoms with Crippen molar-refractivity contribution in [1.29, 1.82) is 0 Å². The molecule has 2 heterocycles. The maximum absolute atomic E-state index is 12.2. The first-order valence-electron chi connectivity index (χ1n) is 8.22. The zero-order chi connectivity index (χ0) is 18.6. The number of aromatic amines is 1. The Balaban J connectivity index is 1.95. The monoisotopic (exact) mass is 371 g/mol. The molecule has 2 atom stereocenters. The average Bonchev–Trinajstić information content (AvgIpc) is 3.10. The molecule has 1 aromatic rings. The fourth-order valence-corrected chi connectivity index (χ4v) is 3.21. The number of rotatable bonds is 5. The number of carbonyl (C=O) groups excluding carboxylic acids is 2. The van der Waals surface area contributed by atoms with Gasteiger partial charge in [0.1, 0.15) is 0 Å². The van der Waals surface area contributed by atoms with Crippen molar-refractivity contribution in [3.05, 3.63) is 10.5 Å². The van der Waals surface area contributed by atoms with Crippen LogP contribution in [0.2, 0.25) is 0 Å². The van der Waals surface area contributed by atoms with Gasteiger partial charge in [-0.2, -0.15) is 0 Å². The Hall–Kier alpha value is -1.81. The minimum atomic E-state index is -0.593. The van der Waals surface area contributed by atoms with Crippen LogP contribution in [0, 0.1) is 0 Å². The number of H-pyrrole nitrogens is 1. The van der Waals surface area contributed by atoms with Gasteiger partial charge in [0.05, 0.1) is 17.9 Å². The summed E-state index contributed by atoms with van der Waals surface area (Å²) in [4.78, 5) is 35.9. The highest BCUT2D eigenvalue weighted by Gasteiger charge is 2.24. The van der Waals surface area contributed by atoms with Gasteiger partial charge in [0.15, 0.2) is 5.16 Å². The second-order valence-electron chi connectivity index (χ2n) is 7.01. The standard InChI is InChI=1S/C15H25N5O4S/c1-9(11(21)16-12(22)17-15(2,3)4)25-14-19-18-13(23)20(14)8-10-6-5-7-24-10/h9-10H,5-8H2,1-4H3,(H,18,23)(H2,16,17,21,22)/t9-,10-/m0/s1. The molecule has 0 aliphatic carbocycles. The van der Waals surface area contributed by atoms with Gasteiger partial charge in [-0.1, -0.05) is 11.8 Å². The molecule has 0 bridgehead atoms. The molecule has 3 amide bonds. The Bertz CT molecular complexity index is 672. The van der Waals surface area contributed by atoms with Crippen molar-refractivity contribution in [2.75, 3.05) is 6.61 Å². The van der Waals surface area contributed by atoms with Crippen LogP contribution in [0.5, 0.6) is 0 Å². The third kappa shape index (κ3) is 5.89. The van der Waals surface area contributed by atoms with Crippen molar-refractivity contribution in [2.24, 2.45) is 0 Å². The summed E-state index contributed by atoms with van der Waals surface area (Å²) in [6, 6.07) is -0.552. The average molecular weight is 371 g/mol. The number of hydrogen-bond donors (Lipinski definition) is 3. The molecule has 9 nitrogen and oxygen atoms in total. The molecule has 0 unspecified atom stereocenters. The summed E-state index contributed by atoms with van der Waals surface area (Å²) < 4.78 is 7.02. The first kappa shape index (κ1) is 19.5. The Morgan fingerprint density at radius 1 is 1.48 bits per heavy atom. The maximum atomic E-state index is 12.2. The molecule has 10 heteroatoms. The van der Waals surface area contributed by atoms with Crippen molar-refractivity contribution in [1.82, 2.24) is 25.4 Å². The number of imide groups is 1. The van der Waals surface area contributed by atoms with Crippen LogP contribution >= 0.6 is 11.8 Å². The molecule has 25 heavy (non-hydrogen) atoms. The van der Waals surface area contributed by atoms with Gasteiger partial charge in [-0.25, -0.2) is 14.7 Å². The van der Waals surface area contributed by atoms with Gasteiger partial charge < -0.3 is 10.1 Å². The summed E-state index contributed by atoms with van der Waals surface area (Å²) >= 11 is 1.12. The molecule has 3 N–H and O–H groups in total. The highest BCUT2D eigenvalue weighted by Crippen LogP contribution is 2.22. The number of hydrogen-bond acceptors (Lipinski definition) is 6. The number of urea groups is 1. The van der Waals surface area contributed by atoms with Crippen LogP contribution in [-0.2, 0) is 16.1 Å². The first-order chi connectivity index (χ1) is 11.7. The van der Waals surface area contributed by atoms with E-state index < -0.39 is 22.7 Å². The van der Waals surface area contributed by atoms with Crippen LogP contribution in [0.25, 0.3) is 0 Å². The second-order valence-corrected chi connectivity index (χ2v) is 8.32. The molecule has 1 saturated heterocycles. The van der Waals surface area contributed by atoms with E-state index in [0.29, 0.717) is 18.3 Å². The highest BCUT2D eigenvalue weighted by molar-refractivity contribution is 8.00. The summed E-state index contributed by atoms with van der Waals surface area (Å²) in [7, 11) is 0. The Morgan fingerprint density at radius 2 is 2.20 bits per heavy atom. The predicted molar refractivity (Wildman–Crippen MR) is 93.6 cm³/mol. The van der Waals surface area contributed by atoms with Crippen LogP contribution < -0.4 is 16.3 Å². The van der Waals surface area contributed by atoms with E-state index in [1.165, 1.54) is 4.57 Å². The molecule has 1 aliphatic rings. The Morgan fingerprint density at radius 3 is 2.80 bits per heavy atom. The van der Waals surface area contributed by atoms with Gasteiger partial charge >= 0.3 is 11.7 Å². The van der Waals surface area contributed by atoms with Crippen LogP contribution in [0.1, 0.15) is 40.5 Å². The molecular formula is C15H25N5O4S. The summed E-state index contributed by atoms with van der Waals surface area (Å²) in [5.74, 6) is -0.453. The van der Waals surface area contributed by atoms with Gasteiger partial charge in [-0.3, -0.25) is 14.7 Å². The third-order valence-corrected chi connectivity index (χ3v) is 4.60. The minimum Gasteiger partial charge on any atom is -0.376 e. The molecule has 1 aliphatic heterocycles. The normalized spacial score (nSPS) is 18.8. The lowest BCUT2D eigenvalue weighted by Gasteiger charge is -2.21. The van der Waals surface area contributed by atoms with Crippen LogP contribution in [0.3, 0.4) is 0 Å². The van der Waals surface area contributed by atoms with E-state index in [-0.39, 0.29) is 11.8 Å². The Kier molecular flexibility index (Phi) is 6.28. The van der Waals surface area contributed by atoms with Crippen molar-refractivity contribution >= 4 is 23.7 Å². The highest BCUT2D eigenvalue weighted by atomic mass is 32.2. The molecule has 0 saturated carbocycles. The van der Waals surface area contributed by atoms with E-state index in [1.807, 2.05) is 20.8 Å². The summed E-state index contributed by atoms with van der Waals surface area (Å²) in [6.07, 6.45) is 1.85. The van der Waals surface area contributed by atoms with Gasteiger partial charge in [0.2, 0.25) is 5.91 Å². The minimum absolute atomic E-state index is 0.0173. The number of ether oxygens (including phenoxy) is 1. The lowest BCUT2D eigenvalue weighted by molar-refractivity contribution is -0.119. The zero-order valence-corrected chi connectivity index (χ0v) is 15.7. The van der Waals surface area contributed by atoms with Crippen molar-refractivity contribution in [3.8, 4) is 0 Å². The molecule has 0 radical (unpaired) electrons. The fourth-order valence-electron chi connectivity index (χ4n) is 2.34. The van der Waals surface area contributed by atoms with E-state index in [9.17, 15) is 14.4 Å². The molecular weight excluding hydrogens is 346 g/mol. The van der Waals surface area contributed by atoms with E-state index in [1.54, 1.807) is 6.92 Å². The van der Waals surface area contributed by atoms with Crippen molar-refractivity contribution in [2.45, 2.75) is 69.1 Å². The summed E-state index contributed by atoms with van der Waals surface area (Å²) in [5, 5.41) is 11.1. The van der Waals surface area contributed by atoms with Crippen LogP contribution in [0.15, 0.2) is 9.95 Å². The zero-order valence-electron chi connectivity index (χ0n) is 14.9. The summed E-state index contributed by atoms with van der Waals surface area (Å²) in [5.41, 5.74) is -0.777. The van der Waals surface area contributed by atoms with Crippen molar-refractivity contribution in [3.63, 3.8) is 0 Å². The van der Waals surface area contributed by atoms with Gasteiger partial charge in [0, 0.05) is 12.1 Å². The fraction of sp³-hybridized carbons (Fsp3) is 0.733. The second kappa shape index (κ2) is 8.05. The quantitative estimate of drug-likeness (QED) is 0.661. The van der Waals surface area contributed by atoms with E-state index >= 15 is 0 Å². The number of nitrogens with one attached hydrogen (secondary N) is 3. The molecule has 140 valence electrons. The predicted octanol–water partition coefficient (Wildman–Crippen LogP) is 0.855. The number of thioether (sulfide) groups is 1. The Labute approximate surface area is 150 Å². The molecule has 1 aromatic heterocycles. The largest absolute Gasteiger partial charge is 0.376 e. The maximum Gasteiger partial charge on any atom is 0.344 e. The number of nitrogens with zero attached hydrogens (tertiary/aromatic N) is 2. The topological polar surface area (TPSA) is 118 Å². The number of aromatic nitrogens is 3. The molecule has 0 aromatic carbocycles. The van der Waals surface area contributed by atoms with Gasteiger partial charge in [-0.05, 0) is 40.5 Å². The van der Waals surface area contributed by atoms with Gasteiger partial charge in [0.25, 0.3) is 0 Å². The smallest absolute Gasteiger partial charge is 0.344 e. The van der Waals surface area contributed by atoms with Crippen molar-refractivity contribution < 1.29 is 14.3 Å². The van der Waals surface area contributed by atoms with E-state index in [2.05, 4.69) is 20.8 Å². The van der Waals surface area contributed by atoms with Crippen LogP contribution in [-0.4, -0.2) is 50.2 Å². The molecule has 1 fully saturated rings. The van der Waals surface area contributed by atoms with Crippen LogP contribution in [0.4, 0.5) is 4.79 Å². The van der Waals surface area contributed by atoms with E-state index in [0.717, 1.165) is 24.6 Å². The number of carbonyl (C=O) groups is 2. The first-order valence-corrected chi connectivity index (χ1v) is 9.10. The summed E-state index contributed by atoms with van der Waals surface area (Å²) in [6.45, 7) is 8.21. The lowest BCUT2D eigenvalue weighted by atomic mass is 10.1. The molecule has 0 spiro atoms. The lowest BCUT2D eigenvalue weighted by Crippen LogP contribution is -2.49. The van der Waals surface area contributed by atoms with E-state index in [4.69, 9.17) is 4.74 Å².